The van der Waals surface area contributed by atoms with Crippen molar-refractivity contribution in [2.75, 3.05) is 31.6 Å². The number of likely N-dealkylation sites (N-methyl/N-ethyl adjacent to an activating group) is 2. The lowest BCUT2D eigenvalue weighted by molar-refractivity contribution is -0.128. The summed E-state index contributed by atoms with van der Waals surface area (Å²) in [7, 11) is 1.74. The minimum atomic E-state index is 0.0420. The first-order chi connectivity index (χ1) is 9.10. The van der Waals surface area contributed by atoms with Gasteiger partial charge >= 0.3 is 0 Å². The lowest BCUT2D eigenvalue weighted by Crippen LogP contribution is -2.39. The van der Waals surface area contributed by atoms with Crippen LogP contribution in [0.4, 0.5) is 5.69 Å². The molecular formula is C15H21N3O. The molecule has 0 aliphatic carbocycles. The number of aryl methyl sites for hydroxylation is 1. The molecular weight excluding hydrogens is 238 g/mol. The molecule has 0 atom stereocenters. The maximum atomic E-state index is 12.1. The topological polar surface area (TPSA) is 47.3 Å². The van der Waals surface area contributed by atoms with Crippen molar-refractivity contribution in [3.8, 4) is 6.07 Å². The molecule has 0 heterocycles. The summed E-state index contributed by atoms with van der Waals surface area (Å²) in [4.78, 5) is 15.7. The van der Waals surface area contributed by atoms with Gasteiger partial charge in [0, 0.05) is 25.8 Å². The highest BCUT2D eigenvalue weighted by Gasteiger charge is 2.14. The molecule has 1 aromatic carbocycles. The Bertz CT molecular complexity index is 465. The van der Waals surface area contributed by atoms with Gasteiger partial charge in [-0.3, -0.25) is 4.79 Å². The number of hydrogen-bond donors (Lipinski definition) is 0. The van der Waals surface area contributed by atoms with Gasteiger partial charge in [0.1, 0.15) is 0 Å². The Balaban J connectivity index is 2.70. The molecule has 0 unspecified atom stereocenters. The number of benzene rings is 1. The Kier molecular flexibility index (Phi) is 5.87. The van der Waals surface area contributed by atoms with Crippen LogP contribution in [0.2, 0.25) is 0 Å². The quantitative estimate of drug-likeness (QED) is 0.786. The number of carbonyl (C=O) groups is 1. The second kappa shape index (κ2) is 7.42. The van der Waals surface area contributed by atoms with Gasteiger partial charge < -0.3 is 9.80 Å². The van der Waals surface area contributed by atoms with Gasteiger partial charge in [-0.25, -0.2) is 0 Å². The lowest BCUT2D eigenvalue weighted by atomic mass is 10.2. The number of hydrogen-bond acceptors (Lipinski definition) is 3. The number of nitrogens with zero attached hydrogens (tertiary/aromatic N) is 3. The van der Waals surface area contributed by atoms with Crippen molar-refractivity contribution in [2.45, 2.75) is 20.3 Å². The van der Waals surface area contributed by atoms with Crippen LogP contribution in [0, 0.1) is 18.3 Å². The summed E-state index contributed by atoms with van der Waals surface area (Å²) in [5.74, 6) is 0.0420. The minimum absolute atomic E-state index is 0.0420. The molecule has 0 spiro atoms. The van der Waals surface area contributed by atoms with E-state index in [9.17, 15) is 4.79 Å². The molecule has 0 saturated carbocycles. The number of anilines is 1. The predicted octanol–water partition coefficient (Wildman–Crippen LogP) is 2.19. The van der Waals surface area contributed by atoms with Gasteiger partial charge in [-0.2, -0.15) is 5.26 Å². The van der Waals surface area contributed by atoms with E-state index < -0.39 is 0 Å². The Morgan fingerprint density at radius 1 is 1.37 bits per heavy atom. The molecule has 0 fully saturated rings. The van der Waals surface area contributed by atoms with Crippen molar-refractivity contribution >= 4 is 11.6 Å². The first-order valence-electron chi connectivity index (χ1n) is 6.51. The maximum absolute atomic E-state index is 12.1. The second-order valence-corrected chi connectivity index (χ2v) is 4.52. The van der Waals surface area contributed by atoms with E-state index in [1.165, 1.54) is 0 Å². The highest BCUT2D eigenvalue weighted by atomic mass is 16.2. The maximum Gasteiger partial charge on any atom is 0.241 e. The van der Waals surface area contributed by atoms with Crippen LogP contribution >= 0.6 is 0 Å². The molecule has 1 aromatic rings. The molecule has 0 bridgehead atoms. The van der Waals surface area contributed by atoms with Crippen LogP contribution in [0.15, 0.2) is 24.3 Å². The van der Waals surface area contributed by atoms with Crippen molar-refractivity contribution in [1.29, 1.82) is 5.26 Å². The van der Waals surface area contributed by atoms with Crippen molar-refractivity contribution < 1.29 is 4.79 Å². The number of nitriles is 1. The van der Waals surface area contributed by atoms with Crippen LogP contribution in [0.1, 0.15) is 18.9 Å². The molecule has 0 aliphatic heterocycles. The van der Waals surface area contributed by atoms with E-state index in [4.69, 9.17) is 5.26 Å². The normalized spacial score (nSPS) is 9.79. The molecule has 4 nitrogen and oxygen atoms in total. The Labute approximate surface area is 115 Å². The first kappa shape index (κ1) is 15.0. The summed E-state index contributed by atoms with van der Waals surface area (Å²) in [6.45, 7) is 5.70. The van der Waals surface area contributed by atoms with Gasteiger partial charge in [0.05, 0.1) is 19.0 Å². The van der Waals surface area contributed by atoms with E-state index in [0.717, 1.165) is 17.8 Å². The minimum Gasteiger partial charge on any atom is -0.362 e. The van der Waals surface area contributed by atoms with E-state index in [2.05, 4.69) is 11.0 Å². The molecule has 0 aromatic heterocycles. The van der Waals surface area contributed by atoms with Gasteiger partial charge in [0.15, 0.2) is 0 Å². The van der Waals surface area contributed by atoms with Gasteiger partial charge in [0.2, 0.25) is 5.91 Å². The van der Waals surface area contributed by atoms with Crippen LogP contribution < -0.4 is 4.90 Å². The zero-order valence-electron chi connectivity index (χ0n) is 11.9. The fourth-order valence-corrected chi connectivity index (χ4v) is 1.91. The van der Waals surface area contributed by atoms with Gasteiger partial charge in [0.25, 0.3) is 0 Å². The van der Waals surface area contributed by atoms with Crippen LogP contribution in [0.25, 0.3) is 0 Å². The average Bonchev–Trinajstić information content (AvgIpc) is 2.42. The second-order valence-electron chi connectivity index (χ2n) is 4.52. The highest BCUT2D eigenvalue weighted by molar-refractivity contribution is 5.81. The van der Waals surface area contributed by atoms with Crippen molar-refractivity contribution in [3.63, 3.8) is 0 Å². The lowest BCUT2D eigenvalue weighted by Gasteiger charge is -2.26. The third-order valence-corrected chi connectivity index (χ3v) is 3.15. The third-order valence-electron chi connectivity index (χ3n) is 3.15. The molecule has 19 heavy (non-hydrogen) atoms. The monoisotopic (exact) mass is 259 g/mol. The fourth-order valence-electron chi connectivity index (χ4n) is 1.91. The Hall–Kier alpha value is -2.02. The number of amides is 1. The van der Waals surface area contributed by atoms with Crippen LogP contribution in [0.3, 0.4) is 0 Å². The molecule has 1 rings (SSSR count). The van der Waals surface area contributed by atoms with Crippen LogP contribution in [-0.2, 0) is 4.79 Å². The zero-order chi connectivity index (χ0) is 14.3. The molecule has 0 aliphatic rings. The molecule has 0 radical (unpaired) electrons. The third kappa shape index (κ3) is 4.29. The number of carbonyl (C=O) groups excluding carboxylic acids is 1. The average molecular weight is 259 g/mol. The van der Waals surface area contributed by atoms with Crippen LogP contribution in [0.5, 0.6) is 0 Å². The molecule has 4 heteroatoms. The summed E-state index contributed by atoms with van der Waals surface area (Å²) >= 11 is 0. The summed E-state index contributed by atoms with van der Waals surface area (Å²) < 4.78 is 0. The van der Waals surface area contributed by atoms with E-state index in [0.29, 0.717) is 19.5 Å². The van der Waals surface area contributed by atoms with Crippen LogP contribution in [-0.4, -0.2) is 37.5 Å². The number of rotatable bonds is 6. The summed E-state index contributed by atoms with van der Waals surface area (Å²) in [5, 5.41) is 8.54. The summed E-state index contributed by atoms with van der Waals surface area (Å²) in [6, 6.07) is 10.1. The Morgan fingerprint density at radius 3 is 2.63 bits per heavy atom. The largest absolute Gasteiger partial charge is 0.362 e. The summed E-state index contributed by atoms with van der Waals surface area (Å²) in [5.41, 5.74) is 2.25. The first-order valence-corrected chi connectivity index (χ1v) is 6.51. The van der Waals surface area contributed by atoms with E-state index in [-0.39, 0.29) is 5.91 Å². The fraction of sp³-hybridized carbons (Fsp3) is 0.467. The van der Waals surface area contributed by atoms with Crippen molar-refractivity contribution in [1.82, 2.24) is 4.90 Å². The van der Waals surface area contributed by atoms with Gasteiger partial charge in [-0.05, 0) is 25.5 Å². The van der Waals surface area contributed by atoms with E-state index in [1.54, 1.807) is 11.9 Å². The predicted molar refractivity (Wildman–Crippen MR) is 76.9 cm³/mol. The van der Waals surface area contributed by atoms with E-state index >= 15 is 0 Å². The van der Waals surface area contributed by atoms with Gasteiger partial charge in [-0.15, -0.1) is 0 Å². The van der Waals surface area contributed by atoms with E-state index in [1.807, 2.05) is 38.1 Å². The zero-order valence-corrected chi connectivity index (χ0v) is 11.9. The molecule has 1 amide bonds. The van der Waals surface area contributed by atoms with Crippen molar-refractivity contribution in [2.24, 2.45) is 0 Å². The highest BCUT2D eigenvalue weighted by Crippen LogP contribution is 2.18. The molecule has 0 saturated heterocycles. The molecule has 0 N–H and O–H groups in total. The SMILES string of the molecule is CCN(CC(=O)N(C)CCC#N)c1ccccc1C. The molecule has 102 valence electrons. The Morgan fingerprint density at radius 2 is 2.05 bits per heavy atom. The van der Waals surface area contributed by atoms with Crippen molar-refractivity contribution in [3.05, 3.63) is 29.8 Å². The summed E-state index contributed by atoms with van der Waals surface area (Å²) in [6.07, 6.45) is 0.374. The standard InChI is InChI=1S/C15H21N3O/c1-4-18(14-9-6-5-8-13(14)2)12-15(19)17(3)11-7-10-16/h5-6,8-9H,4,7,11-12H2,1-3H3. The van der Waals surface area contributed by atoms with Gasteiger partial charge in [-0.1, -0.05) is 18.2 Å². The number of para-hydroxylation sites is 1. The smallest absolute Gasteiger partial charge is 0.241 e.